The average Bonchev–Trinajstić information content (AvgIpc) is 3.06. The van der Waals surface area contributed by atoms with Crippen LogP contribution in [-0.2, 0) is 0 Å². The number of thiol groups is 1. The number of nitrogens with zero attached hydrogens (tertiary/aromatic N) is 6. The molecule has 6 nitrogen and oxygen atoms in total. The molecule has 0 amide bonds. The van der Waals surface area contributed by atoms with Crippen LogP contribution in [0.5, 0.6) is 0 Å². The first-order valence-corrected chi connectivity index (χ1v) is 8.64. The second-order valence-electron chi connectivity index (χ2n) is 5.92. The second-order valence-corrected chi connectivity index (χ2v) is 6.36. The van der Waals surface area contributed by atoms with Gasteiger partial charge in [-0.1, -0.05) is 6.92 Å². The number of aromatic nitrogens is 4. The number of unbranched alkanes of at least 4 members (excludes halogenated alkanes) is 1. The van der Waals surface area contributed by atoms with E-state index in [2.05, 4.69) is 64.9 Å². The van der Waals surface area contributed by atoms with Gasteiger partial charge in [0, 0.05) is 19.7 Å². The van der Waals surface area contributed by atoms with E-state index in [1.807, 2.05) is 4.52 Å². The van der Waals surface area contributed by atoms with Crippen LogP contribution in [-0.4, -0.2) is 45.6 Å². The maximum absolute atomic E-state index is 4.33. The summed E-state index contributed by atoms with van der Waals surface area (Å²) in [5.41, 5.74) is 4.45. The molecule has 2 aromatic heterocycles. The lowest BCUT2D eigenvalue weighted by Gasteiger charge is -2.30. The summed E-state index contributed by atoms with van der Waals surface area (Å²) in [6, 6.07) is 2.12. The van der Waals surface area contributed by atoms with Gasteiger partial charge in [-0.15, -0.1) is 5.10 Å². The Balaban J connectivity index is 2.00. The minimum atomic E-state index is 0.411. The molecule has 0 radical (unpaired) electrons. The Kier molecular flexibility index (Phi) is 4.42. The van der Waals surface area contributed by atoms with E-state index in [1.54, 1.807) is 0 Å². The summed E-state index contributed by atoms with van der Waals surface area (Å²) in [4.78, 5) is 4.90. The maximum atomic E-state index is 4.33. The highest BCUT2D eigenvalue weighted by Gasteiger charge is 2.35. The molecule has 1 unspecified atom stereocenters. The fraction of sp³-hybridized carbons (Fsp3) is 0.667. The first-order chi connectivity index (χ1) is 10.7. The van der Waals surface area contributed by atoms with Crippen LogP contribution in [0.25, 0.3) is 5.65 Å². The van der Waals surface area contributed by atoms with E-state index >= 15 is 0 Å². The lowest BCUT2D eigenvalue weighted by atomic mass is 10.2. The molecule has 7 heteroatoms. The molecule has 0 aliphatic carbocycles. The Morgan fingerprint density at radius 2 is 2.14 bits per heavy atom. The van der Waals surface area contributed by atoms with Gasteiger partial charge >= 0.3 is 0 Å². The summed E-state index contributed by atoms with van der Waals surface area (Å²) < 4.78 is 1.83. The van der Waals surface area contributed by atoms with Crippen molar-refractivity contribution in [3.05, 3.63) is 11.8 Å². The van der Waals surface area contributed by atoms with E-state index in [4.69, 9.17) is 0 Å². The zero-order valence-electron chi connectivity index (χ0n) is 13.5. The van der Waals surface area contributed by atoms with E-state index in [-0.39, 0.29) is 0 Å². The minimum absolute atomic E-state index is 0.411. The zero-order chi connectivity index (χ0) is 15.7. The number of anilines is 2. The van der Waals surface area contributed by atoms with Gasteiger partial charge in [-0.25, -0.2) is 0 Å². The SMILES string of the molecule is CCCN1c2cc3nnnn3c(C)c2N(C)C1CCCCS. The van der Waals surface area contributed by atoms with E-state index in [0.717, 1.165) is 42.9 Å². The summed E-state index contributed by atoms with van der Waals surface area (Å²) in [7, 11) is 2.18. The van der Waals surface area contributed by atoms with Crippen molar-refractivity contribution in [2.24, 2.45) is 0 Å². The predicted octanol–water partition coefficient (Wildman–Crippen LogP) is 2.53. The van der Waals surface area contributed by atoms with Gasteiger partial charge < -0.3 is 9.80 Å². The third-order valence-electron chi connectivity index (χ3n) is 4.47. The van der Waals surface area contributed by atoms with E-state index in [1.165, 1.54) is 17.8 Å². The number of hydrogen-bond donors (Lipinski definition) is 1. The third kappa shape index (κ3) is 2.41. The van der Waals surface area contributed by atoms with Crippen LogP contribution in [0.1, 0.15) is 38.3 Å². The average molecular weight is 320 g/mol. The molecular weight excluding hydrogens is 296 g/mol. The lowest BCUT2D eigenvalue weighted by molar-refractivity contribution is 0.538. The van der Waals surface area contributed by atoms with Gasteiger partial charge in [-0.05, 0) is 48.8 Å². The molecule has 1 atom stereocenters. The predicted molar refractivity (Wildman–Crippen MR) is 93.1 cm³/mol. The Morgan fingerprint density at radius 3 is 2.86 bits per heavy atom. The second kappa shape index (κ2) is 6.32. The van der Waals surface area contributed by atoms with Gasteiger partial charge in [0.05, 0.1) is 17.1 Å². The monoisotopic (exact) mass is 320 g/mol. The molecule has 3 rings (SSSR count). The van der Waals surface area contributed by atoms with E-state index in [0.29, 0.717) is 6.17 Å². The zero-order valence-corrected chi connectivity index (χ0v) is 14.4. The van der Waals surface area contributed by atoms with Crippen LogP contribution in [0, 0.1) is 6.92 Å². The fourth-order valence-corrected chi connectivity index (χ4v) is 3.69. The summed E-state index contributed by atoms with van der Waals surface area (Å²) in [5.74, 6) is 0.958. The van der Waals surface area contributed by atoms with Gasteiger partial charge in [-0.3, -0.25) is 0 Å². The molecule has 0 saturated heterocycles. The Hall–Kier alpha value is -1.50. The van der Waals surface area contributed by atoms with Crippen molar-refractivity contribution >= 4 is 29.7 Å². The Bertz CT molecular complexity index is 655. The number of fused-ring (bicyclic) bond motifs is 2. The highest BCUT2D eigenvalue weighted by atomic mass is 32.1. The molecule has 22 heavy (non-hydrogen) atoms. The summed E-state index contributed by atoms with van der Waals surface area (Å²) in [6.45, 7) is 5.38. The minimum Gasteiger partial charge on any atom is -0.351 e. The summed E-state index contributed by atoms with van der Waals surface area (Å²) in [6.07, 6.45) is 5.05. The summed E-state index contributed by atoms with van der Waals surface area (Å²) in [5, 5.41) is 12.0. The first-order valence-electron chi connectivity index (χ1n) is 8.01. The summed E-state index contributed by atoms with van der Waals surface area (Å²) >= 11 is 4.33. The largest absolute Gasteiger partial charge is 0.351 e. The van der Waals surface area contributed by atoms with Crippen LogP contribution < -0.4 is 9.80 Å². The van der Waals surface area contributed by atoms with Crippen LogP contribution in [0.2, 0.25) is 0 Å². The van der Waals surface area contributed by atoms with E-state index in [9.17, 15) is 0 Å². The molecule has 0 fully saturated rings. The van der Waals surface area contributed by atoms with Crippen molar-refractivity contribution in [1.82, 2.24) is 20.0 Å². The molecular formula is C15H24N6S. The number of aryl methyl sites for hydroxylation is 1. The maximum Gasteiger partial charge on any atom is 0.181 e. The van der Waals surface area contributed by atoms with E-state index < -0.39 is 0 Å². The van der Waals surface area contributed by atoms with Gasteiger partial charge in [0.1, 0.15) is 6.17 Å². The fourth-order valence-electron chi connectivity index (χ4n) is 3.47. The Labute approximate surface area is 136 Å². The molecule has 0 aromatic carbocycles. The number of hydrogen-bond acceptors (Lipinski definition) is 6. The molecule has 1 aliphatic rings. The first kappa shape index (κ1) is 15.4. The van der Waals surface area contributed by atoms with Gasteiger partial charge in [0.15, 0.2) is 5.65 Å². The standard InChI is InChI=1S/C15H24N6S/c1-4-8-20-12-10-13-16-17-18-21(13)11(2)15(12)19(3)14(20)7-5-6-9-22/h10,14,22H,4-9H2,1-3H3. The molecule has 3 heterocycles. The number of pyridine rings is 1. The Morgan fingerprint density at radius 1 is 1.32 bits per heavy atom. The molecule has 2 aromatic rings. The molecule has 0 N–H and O–H groups in total. The molecule has 1 aliphatic heterocycles. The topological polar surface area (TPSA) is 49.6 Å². The van der Waals surface area contributed by atoms with Crippen molar-refractivity contribution in [3.8, 4) is 0 Å². The van der Waals surface area contributed by atoms with Crippen molar-refractivity contribution in [1.29, 1.82) is 0 Å². The van der Waals surface area contributed by atoms with Crippen LogP contribution in [0.4, 0.5) is 11.4 Å². The smallest absolute Gasteiger partial charge is 0.181 e. The van der Waals surface area contributed by atoms with Crippen molar-refractivity contribution in [3.63, 3.8) is 0 Å². The van der Waals surface area contributed by atoms with Crippen molar-refractivity contribution in [2.75, 3.05) is 29.1 Å². The molecule has 120 valence electrons. The normalized spacial score (nSPS) is 17.5. The van der Waals surface area contributed by atoms with Gasteiger partial charge in [-0.2, -0.15) is 17.1 Å². The van der Waals surface area contributed by atoms with Crippen molar-refractivity contribution < 1.29 is 0 Å². The molecule has 0 spiro atoms. The van der Waals surface area contributed by atoms with Gasteiger partial charge in [0.25, 0.3) is 0 Å². The quantitative estimate of drug-likeness (QED) is 0.655. The van der Waals surface area contributed by atoms with Gasteiger partial charge in [0.2, 0.25) is 0 Å². The number of rotatable bonds is 6. The highest BCUT2D eigenvalue weighted by molar-refractivity contribution is 7.80. The highest BCUT2D eigenvalue weighted by Crippen LogP contribution is 2.42. The lowest BCUT2D eigenvalue weighted by Crippen LogP contribution is -2.41. The van der Waals surface area contributed by atoms with Crippen molar-refractivity contribution in [2.45, 2.75) is 45.7 Å². The molecule has 0 saturated carbocycles. The number of tetrazole rings is 1. The van der Waals surface area contributed by atoms with Crippen LogP contribution >= 0.6 is 12.6 Å². The third-order valence-corrected chi connectivity index (χ3v) is 4.78. The van der Waals surface area contributed by atoms with Crippen LogP contribution in [0.15, 0.2) is 6.07 Å². The molecule has 0 bridgehead atoms. The van der Waals surface area contributed by atoms with Crippen LogP contribution in [0.3, 0.4) is 0 Å².